The monoisotopic (exact) mass is 319 g/mol. The van der Waals surface area contributed by atoms with Crippen molar-refractivity contribution in [3.63, 3.8) is 0 Å². The Balaban J connectivity index is 3.11. The number of aromatic carboxylic acids is 1. The second-order valence-corrected chi connectivity index (χ2v) is 6.08. The van der Waals surface area contributed by atoms with Crippen molar-refractivity contribution in [2.24, 2.45) is 0 Å². The topological polar surface area (TPSA) is 83.9 Å². The van der Waals surface area contributed by atoms with E-state index in [4.69, 9.17) is 9.84 Å². The largest absolute Gasteiger partial charge is 0.478 e. The summed E-state index contributed by atoms with van der Waals surface area (Å²) in [6.45, 7) is 4.50. The second-order valence-electron chi connectivity index (χ2n) is 4.14. The van der Waals surface area contributed by atoms with E-state index in [0.717, 1.165) is 22.5 Å². The van der Waals surface area contributed by atoms with Gasteiger partial charge in [-0.2, -0.15) is 4.31 Å². The molecule has 0 saturated carbocycles. The fraction of sp³-hybridized carbons (Fsp3) is 0.462. The minimum Gasteiger partial charge on any atom is -0.478 e. The zero-order valence-electron chi connectivity index (χ0n) is 11.9. The maximum atomic E-state index is 13.3. The Morgan fingerprint density at radius 1 is 1.38 bits per heavy atom. The molecule has 0 aromatic heterocycles. The number of likely N-dealkylation sites (N-methyl/N-ethyl adjacent to an activating group) is 1. The van der Waals surface area contributed by atoms with Crippen LogP contribution in [0.2, 0.25) is 0 Å². The highest BCUT2D eigenvalue weighted by atomic mass is 32.2. The van der Waals surface area contributed by atoms with Crippen molar-refractivity contribution in [1.82, 2.24) is 4.31 Å². The van der Waals surface area contributed by atoms with Crippen LogP contribution in [0.15, 0.2) is 23.1 Å². The lowest BCUT2D eigenvalue weighted by molar-refractivity contribution is 0.0691. The first-order valence-electron chi connectivity index (χ1n) is 6.45. The van der Waals surface area contributed by atoms with Gasteiger partial charge in [0.1, 0.15) is 5.82 Å². The van der Waals surface area contributed by atoms with Crippen molar-refractivity contribution < 1.29 is 27.4 Å². The van der Waals surface area contributed by atoms with Gasteiger partial charge in [-0.15, -0.1) is 0 Å². The number of benzene rings is 1. The second kappa shape index (κ2) is 7.48. The number of nitrogens with zero attached hydrogens (tertiary/aromatic N) is 1. The third-order valence-corrected chi connectivity index (χ3v) is 4.82. The summed E-state index contributed by atoms with van der Waals surface area (Å²) in [7, 11) is -3.88. The predicted molar refractivity (Wildman–Crippen MR) is 74.3 cm³/mol. The van der Waals surface area contributed by atoms with Gasteiger partial charge < -0.3 is 9.84 Å². The van der Waals surface area contributed by atoms with Crippen LogP contribution in [0.4, 0.5) is 4.39 Å². The number of rotatable bonds is 8. The summed E-state index contributed by atoms with van der Waals surface area (Å²) in [6.07, 6.45) is 0. The first kappa shape index (κ1) is 17.5. The summed E-state index contributed by atoms with van der Waals surface area (Å²) in [5.41, 5.74) is -0.670. The van der Waals surface area contributed by atoms with Gasteiger partial charge in [-0.05, 0) is 25.1 Å². The molecular formula is C13H18FNO5S. The van der Waals surface area contributed by atoms with Gasteiger partial charge in [0, 0.05) is 19.7 Å². The number of halogens is 1. The highest BCUT2D eigenvalue weighted by molar-refractivity contribution is 7.89. The van der Waals surface area contributed by atoms with E-state index in [9.17, 15) is 17.6 Å². The molecule has 0 radical (unpaired) electrons. The number of carbonyl (C=O) groups is 1. The van der Waals surface area contributed by atoms with E-state index < -0.39 is 27.4 Å². The van der Waals surface area contributed by atoms with E-state index in [1.807, 2.05) is 0 Å². The molecule has 0 aliphatic carbocycles. The summed E-state index contributed by atoms with van der Waals surface area (Å²) in [5, 5.41) is 8.86. The summed E-state index contributed by atoms with van der Waals surface area (Å²) in [5.74, 6) is -2.49. The van der Waals surface area contributed by atoms with Crippen LogP contribution < -0.4 is 0 Å². The Morgan fingerprint density at radius 3 is 2.57 bits per heavy atom. The van der Waals surface area contributed by atoms with Crippen LogP contribution in [-0.2, 0) is 14.8 Å². The molecule has 118 valence electrons. The van der Waals surface area contributed by atoms with Crippen LogP contribution in [0.25, 0.3) is 0 Å². The third-order valence-electron chi connectivity index (χ3n) is 2.85. The van der Waals surface area contributed by atoms with Crippen LogP contribution in [0.1, 0.15) is 24.2 Å². The van der Waals surface area contributed by atoms with Crippen molar-refractivity contribution >= 4 is 16.0 Å². The van der Waals surface area contributed by atoms with Crippen LogP contribution in [-0.4, -0.2) is 50.1 Å². The van der Waals surface area contributed by atoms with Gasteiger partial charge in [-0.1, -0.05) is 6.92 Å². The van der Waals surface area contributed by atoms with Gasteiger partial charge >= 0.3 is 5.97 Å². The van der Waals surface area contributed by atoms with Crippen molar-refractivity contribution in [1.29, 1.82) is 0 Å². The average molecular weight is 319 g/mol. The lowest BCUT2D eigenvalue weighted by Gasteiger charge is -2.20. The summed E-state index contributed by atoms with van der Waals surface area (Å²) in [4.78, 5) is 10.6. The SMILES string of the molecule is CCOCCN(CC)S(=O)(=O)c1ccc(F)c(C(=O)O)c1. The molecule has 0 atom stereocenters. The molecule has 0 bridgehead atoms. The minimum absolute atomic E-state index is 0.145. The van der Waals surface area contributed by atoms with Gasteiger partial charge in [0.05, 0.1) is 17.1 Å². The first-order chi connectivity index (χ1) is 9.84. The number of carboxylic acid groups (broad SMARTS) is 1. The normalized spacial score (nSPS) is 11.8. The van der Waals surface area contributed by atoms with Gasteiger partial charge in [0.15, 0.2) is 0 Å². The number of hydrogen-bond acceptors (Lipinski definition) is 4. The highest BCUT2D eigenvalue weighted by Crippen LogP contribution is 2.19. The first-order valence-corrected chi connectivity index (χ1v) is 7.89. The Kier molecular flexibility index (Phi) is 6.25. The van der Waals surface area contributed by atoms with Crippen molar-refractivity contribution in [2.45, 2.75) is 18.7 Å². The molecule has 1 N–H and O–H groups in total. The molecular weight excluding hydrogens is 301 g/mol. The number of sulfonamides is 1. The molecule has 0 unspecified atom stereocenters. The maximum absolute atomic E-state index is 13.3. The van der Waals surface area contributed by atoms with E-state index in [1.165, 1.54) is 0 Å². The molecule has 21 heavy (non-hydrogen) atoms. The molecule has 0 spiro atoms. The quantitative estimate of drug-likeness (QED) is 0.735. The van der Waals surface area contributed by atoms with Crippen molar-refractivity contribution in [2.75, 3.05) is 26.3 Å². The van der Waals surface area contributed by atoms with Crippen molar-refractivity contribution in [3.05, 3.63) is 29.6 Å². The molecule has 1 aromatic rings. The minimum atomic E-state index is -3.88. The zero-order chi connectivity index (χ0) is 16.0. The van der Waals surface area contributed by atoms with Gasteiger partial charge in [-0.25, -0.2) is 17.6 Å². The van der Waals surface area contributed by atoms with Crippen molar-refractivity contribution in [3.8, 4) is 0 Å². The third kappa shape index (κ3) is 4.23. The fourth-order valence-corrected chi connectivity index (χ4v) is 3.20. The van der Waals surface area contributed by atoms with Crippen LogP contribution >= 0.6 is 0 Å². The van der Waals surface area contributed by atoms with Crippen LogP contribution in [0, 0.1) is 5.82 Å². The van der Waals surface area contributed by atoms with E-state index in [1.54, 1.807) is 13.8 Å². The smallest absolute Gasteiger partial charge is 0.338 e. The Labute approximate surface area is 123 Å². The molecule has 0 saturated heterocycles. The van der Waals surface area contributed by atoms with Gasteiger partial charge in [-0.3, -0.25) is 0 Å². The van der Waals surface area contributed by atoms with Crippen LogP contribution in [0.3, 0.4) is 0 Å². The standard InChI is InChI=1S/C13H18FNO5S/c1-3-15(7-8-20-4-2)21(18,19)10-5-6-12(14)11(9-10)13(16)17/h5-6,9H,3-4,7-8H2,1-2H3,(H,16,17). The molecule has 6 nitrogen and oxygen atoms in total. The fourth-order valence-electron chi connectivity index (χ4n) is 1.74. The molecule has 0 aliphatic rings. The molecule has 0 amide bonds. The van der Waals surface area contributed by atoms with E-state index in [0.29, 0.717) is 6.61 Å². The number of hydrogen-bond donors (Lipinski definition) is 1. The van der Waals surface area contributed by atoms with E-state index in [2.05, 4.69) is 0 Å². The molecule has 8 heteroatoms. The molecule has 1 rings (SSSR count). The Hall–Kier alpha value is -1.51. The molecule has 1 aromatic carbocycles. The lowest BCUT2D eigenvalue weighted by Crippen LogP contribution is -2.34. The maximum Gasteiger partial charge on any atom is 0.338 e. The molecule has 0 fully saturated rings. The number of carboxylic acids is 1. The Bertz CT molecular complexity index is 603. The highest BCUT2D eigenvalue weighted by Gasteiger charge is 2.25. The summed E-state index contributed by atoms with van der Waals surface area (Å²) in [6, 6.07) is 2.73. The zero-order valence-corrected chi connectivity index (χ0v) is 12.7. The lowest BCUT2D eigenvalue weighted by atomic mass is 10.2. The van der Waals surface area contributed by atoms with Gasteiger partial charge in [0.2, 0.25) is 10.0 Å². The van der Waals surface area contributed by atoms with Gasteiger partial charge in [0.25, 0.3) is 0 Å². The summed E-state index contributed by atoms with van der Waals surface area (Å²) >= 11 is 0. The molecule has 0 aliphatic heterocycles. The predicted octanol–water partition coefficient (Wildman–Crippen LogP) is 1.57. The van der Waals surface area contributed by atoms with E-state index >= 15 is 0 Å². The summed E-state index contributed by atoms with van der Waals surface area (Å²) < 4.78 is 44.4. The van der Waals surface area contributed by atoms with E-state index in [-0.39, 0.29) is 24.6 Å². The van der Waals surface area contributed by atoms with Crippen LogP contribution in [0.5, 0.6) is 0 Å². The number of ether oxygens (including phenoxy) is 1. The Morgan fingerprint density at radius 2 is 2.05 bits per heavy atom. The molecule has 0 heterocycles. The average Bonchev–Trinajstić information content (AvgIpc) is 2.43.